The molecule has 2 aromatic carbocycles. The van der Waals surface area contributed by atoms with E-state index in [-0.39, 0.29) is 18.4 Å². The van der Waals surface area contributed by atoms with Gasteiger partial charge in [-0.15, -0.1) is 6.42 Å². The Balaban J connectivity index is 1.55. The number of aryl methyl sites for hydroxylation is 1. The first kappa shape index (κ1) is 21.6. The summed E-state index contributed by atoms with van der Waals surface area (Å²) in [4.78, 5) is 34.9. The third kappa shape index (κ3) is 4.36. The molecule has 4 rings (SSSR count). The summed E-state index contributed by atoms with van der Waals surface area (Å²) in [6.45, 7) is 2.89. The second kappa shape index (κ2) is 9.25. The minimum Gasteiger partial charge on any atom is -0.382 e. The summed E-state index contributed by atoms with van der Waals surface area (Å²) < 4.78 is 5.32. The fourth-order valence-electron chi connectivity index (χ4n) is 4.04. The van der Waals surface area contributed by atoms with Crippen molar-refractivity contribution in [1.82, 2.24) is 15.3 Å². The predicted octanol–water partition coefficient (Wildman–Crippen LogP) is 3.49. The molecule has 0 bridgehead atoms. The molecule has 1 unspecified atom stereocenters. The Morgan fingerprint density at radius 1 is 1.31 bits per heavy atom. The molecule has 32 heavy (non-hydrogen) atoms. The highest BCUT2D eigenvalue weighted by Crippen LogP contribution is 2.26. The van der Waals surface area contributed by atoms with Crippen molar-refractivity contribution in [3.05, 3.63) is 58.9 Å². The lowest BCUT2D eigenvalue weighted by atomic mass is 10.0. The number of ether oxygens (including phenoxy) is 1. The number of piperidine rings is 1. The van der Waals surface area contributed by atoms with Crippen molar-refractivity contribution in [1.29, 1.82) is 0 Å². The minimum atomic E-state index is -0.460. The van der Waals surface area contributed by atoms with Crippen molar-refractivity contribution in [3.63, 3.8) is 0 Å². The van der Waals surface area contributed by atoms with Crippen LogP contribution in [0.25, 0.3) is 11.0 Å². The van der Waals surface area contributed by atoms with Gasteiger partial charge in [0, 0.05) is 36.9 Å². The molecule has 1 saturated heterocycles. The molecule has 2 N–H and O–H groups in total. The number of carbonyl (C=O) groups is 2. The van der Waals surface area contributed by atoms with Gasteiger partial charge in [0.1, 0.15) is 11.9 Å². The maximum Gasteiger partial charge on any atom is 0.251 e. The molecule has 0 aliphatic carbocycles. The van der Waals surface area contributed by atoms with E-state index in [9.17, 15) is 9.59 Å². The molecule has 3 aromatic rings. The van der Waals surface area contributed by atoms with Crippen molar-refractivity contribution >= 4 is 28.5 Å². The molecule has 2 heterocycles. The zero-order valence-corrected chi connectivity index (χ0v) is 18.3. The van der Waals surface area contributed by atoms with Crippen molar-refractivity contribution in [2.45, 2.75) is 32.2 Å². The van der Waals surface area contributed by atoms with E-state index in [2.05, 4.69) is 21.2 Å². The quantitative estimate of drug-likeness (QED) is 0.586. The average molecular weight is 431 g/mol. The van der Waals surface area contributed by atoms with Crippen LogP contribution in [0.2, 0.25) is 0 Å². The fourth-order valence-corrected chi connectivity index (χ4v) is 4.04. The van der Waals surface area contributed by atoms with Crippen LogP contribution in [0.1, 0.15) is 52.6 Å². The summed E-state index contributed by atoms with van der Waals surface area (Å²) >= 11 is 0. The summed E-state index contributed by atoms with van der Waals surface area (Å²) in [5, 5.41) is 3.00. The van der Waals surface area contributed by atoms with Gasteiger partial charge in [0.2, 0.25) is 5.91 Å². The second-order valence-electron chi connectivity index (χ2n) is 7.98. The predicted molar refractivity (Wildman–Crippen MR) is 123 cm³/mol. The van der Waals surface area contributed by atoms with Crippen molar-refractivity contribution in [2.75, 3.05) is 25.2 Å². The number of H-pyrrole nitrogens is 1. The van der Waals surface area contributed by atoms with E-state index in [1.165, 1.54) is 0 Å². The standard InChI is InChI=1S/C25H26N4O3/c1-4-17-8-10-19-20(14-17)27-24(26-19)21(15-32-3)28-25(31)18-9-11-22(16(2)13-18)29-12-6-5-7-23(29)30/h1,8-11,13-14,21H,5-7,12,15H2,2-3H3,(H,26,27)(H,28,31). The number of hydrogen-bond acceptors (Lipinski definition) is 4. The Kier molecular flexibility index (Phi) is 6.24. The van der Waals surface area contributed by atoms with E-state index in [0.29, 0.717) is 24.4 Å². The SMILES string of the molecule is C#Cc1ccc2nc(C(COC)NC(=O)c3ccc(N4CCCCC4=O)c(C)c3)[nH]c2c1. The van der Waals surface area contributed by atoms with Crippen molar-refractivity contribution < 1.29 is 14.3 Å². The molecule has 0 radical (unpaired) electrons. The van der Waals surface area contributed by atoms with E-state index in [0.717, 1.165) is 40.7 Å². The molecule has 1 fully saturated rings. The van der Waals surface area contributed by atoms with Crippen LogP contribution < -0.4 is 10.2 Å². The number of fused-ring (bicyclic) bond motifs is 1. The van der Waals surface area contributed by atoms with E-state index in [4.69, 9.17) is 11.2 Å². The molecular weight excluding hydrogens is 404 g/mol. The summed E-state index contributed by atoms with van der Waals surface area (Å²) in [6.07, 6.45) is 7.98. The highest BCUT2D eigenvalue weighted by atomic mass is 16.5. The number of imidazole rings is 1. The normalized spacial score (nSPS) is 14.9. The number of methoxy groups -OCH3 is 1. The van der Waals surface area contributed by atoms with Crippen LogP contribution >= 0.6 is 0 Å². The van der Waals surface area contributed by atoms with Gasteiger partial charge in [-0.1, -0.05) is 5.92 Å². The number of anilines is 1. The summed E-state index contributed by atoms with van der Waals surface area (Å²) in [5.74, 6) is 3.09. The second-order valence-corrected chi connectivity index (χ2v) is 7.98. The first-order chi connectivity index (χ1) is 15.5. The number of hydrogen-bond donors (Lipinski definition) is 2. The Bertz CT molecular complexity index is 1210. The first-order valence-corrected chi connectivity index (χ1v) is 10.7. The Morgan fingerprint density at radius 2 is 2.16 bits per heavy atom. The topological polar surface area (TPSA) is 87.3 Å². The van der Waals surface area contributed by atoms with Gasteiger partial charge < -0.3 is 19.9 Å². The number of nitrogens with zero attached hydrogens (tertiary/aromatic N) is 2. The zero-order chi connectivity index (χ0) is 22.7. The molecule has 7 nitrogen and oxygen atoms in total. The van der Waals surface area contributed by atoms with Gasteiger partial charge in [0.25, 0.3) is 5.91 Å². The van der Waals surface area contributed by atoms with E-state index >= 15 is 0 Å². The molecule has 164 valence electrons. The van der Waals surface area contributed by atoms with Gasteiger partial charge in [-0.25, -0.2) is 4.98 Å². The summed E-state index contributed by atoms with van der Waals surface area (Å²) in [7, 11) is 1.58. The number of amides is 2. The number of aromatic amines is 1. The number of terminal acetylenes is 1. The van der Waals surface area contributed by atoms with Crippen LogP contribution in [0.5, 0.6) is 0 Å². The Labute approximate surface area is 187 Å². The fraction of sp³-hybridized carbons (Fsp3) is 0.320. The molecule has 7 heteroatoms. The molecule has 1 atom stereocenters. The number of carbonyl (C=O) groups excluding carboxylic acids is 2. The molecule has 0 saturated carbocycles. The number of rotatable bonds is 6. The maximum atomic E-state index is 13.0. The van der Waals surface area contributed by atoms with Crippen molar-refractivity contribution in [2.24, 2.45) is 0 Å². The summed E-state index contributed by atoms with van der Waals surface area (Å²) in [6, 6.07) is 10.5. The van der Waals surface area contributed by atoms with Gasteiger partial charge in [0.15, 0.2) is 0 Å². The molecule has 0 spiro atoms. The molecule has 1 aromatic heterocycles. The van der Waals surface area contributed by atoms with Gasteiger partial charge >= 0.3 is 0 Å². The Morgan fingerprint density at radius 3 is 2.88 bits per heavy atom. The molecule has 2 amide bonds. The third-order valence-corrected chi connectivity index (χ3v) is 5.71. The summed E-state index contributed by atoms with van der Waals surface area (Å²) in [5.41, 5.74) is 4.59. The van der Waals surface area contributed by atoms with Crippen LogP contribution in [-0.4, -0.2) is 42.0 Å². The van der Waals surface area contributed by atoms with Gasteiger partial charge in [-0.2, -0.15) is 0 Å². The smallest absolute Gasteiger partial charge is 0.251 e. The van der Waals surface area contributed by atoms with Gasteiger partial charge in [-0.3, -0.25) is 9.59 Å². The average Bonchev–Trinajstić information content (AvgIpc) is 3.22. The number of benzene rings is 2. The Hall–Kier alpha value is -3.63. The van der Waals surface area contributed by atoms with Crippen LogP contribution in [-0.2, 0) is 9.53 Å². The molecular formula is C25H26N4O3. The third-order valence-electron chi connectivity index (χ3n) is 5.71. The molecule has 1 aliphatic heterocycles. The number of aromatic nitrogens is 2. The highest BCUT2D eigenvalue weighted by molar-refractivity contribution is 5.98. The van der Waals surface area contributed by atoms with E-state index in [1.54, 1.807) is 13.2 Å². The highest BCUT2D eigenvalue weighted by Gasteiger charge is 2.23. The van der Waals surface area contributed by atoms with Crippen LogP contribution in [0.15, 0.2) is 36.4 Å². The monoisotopic (exact) mass is 430 g/mol. The molecule has 1 aliphatic rings. The number of nitrogens with one attached hydrogen (secondary N) is 2. The van der Waals surface area contributed by atoms with E-state index in [1.807, 2.05) is 42.2 Å². The van der Waals surface area contributed by atoms with Gasteiger partial charge in [0.05, 0.1) is 17.6 Å². The lowest BCUT2D eigenvalue weighted by molar-refractivity contribution is -0.119. The van der Waals surface area contributed by atoms with Crippen LogP contribution in [0.3, 0.4) is 0 Å². The van der Waals surface area contributed by atoms with Crippen LogP contribution in [0, 0.1) is 19.3 Å². The van der Waals surface area contributed by atoms with E-state index < -0.39 is 6.04 Å². The van der Waals surface area contributed by atoms with Gasteiger partial charge in [-0.05, 0) is 61.7 Å². The van der Waals surface area contributed by atoms with Crippen LogP contribution in [0.4, 0.5) is 5.69 Å². The first-order valence-electron chi connectivity index (χ1n) is 10.7. The lowest BCUT2D eigenvalue weighted by Crippen LogP contribution is -2.36. The van der Waals surface area contributed by atoms with Crippen molar-refractivity contribution in [3.8, 4) is 12.3 Å². The lowest BCUT2D eigenvalue weighted by Gasteiger charge is -2.28. The minimum absolute atomic E-state index is 0.134. The zero-order valence-electron chi connectivity index (χ0n) is 18.3. The maximum absolute atomic E-state index is 13.0. The largest absolute Gasteiger partial charge is 0.382 e.